The first-order valence-electron chi connectivity index (χ1n) is 34.6. The normalized spacial score (nSPS) is 14.2. The van der Waals surface area contributed by atoms with E-state index >= 15 is 0 Å². The summed E-state index contributed by atoms with van der Waals surface area (Å²) >= 11 is 0. The minimum atomic E-state index is -4.95. The lowest BCUT2D eigenvalue weighted by atomic mass is 10.0. The van der Waals surface area contributed by atoms with Gasteiger partial charge in [-0.15, -0.1) is 0 Å². The highest BCUT2D eigenvalue weighted by Gasteiger charge is 2.30. The molecule has 19 heteroatoms. The van der Waals surface area contributed by atoms with Gasteiger partial charge < -0.3 is 33.8 Å². The van der Waals surface area contributed by atoms with E-state index in [1.807, 2.05) is 0 Å². The summed E-state index contributed by atoms with van der Waals surface area (Å²) in [4.78, 5) is 72.1. The van der Waals surface area contributed by atoms with Crippen LogP contribution in [0.25, 0.3) is 0 Å². The zero-order valence-corrected chi connectivity index (χ0v) is 56.5. The van der Waals surface area contributed by atoms with E-state index in [2.05, 4.69) is 34.6 Å². The van der Waals surface area contributed by atoms with Crippen molar-refractivity contribution in [1.82, 2.24) is 0 Å². The molecule has 0 aliphatic heterocycles. The molecule has 0 heterocycles. The fraction of sp³-hybridized carbons (Fsp3) is 0.939. The maximum Gasteiger partial charge on any atom is 0.472 e. The topological polar surface area (TPSA) is 237 Å². The van der Waals surface area contributed by atoms with Crippen LogP contribution < -0.4 is 0 Å². The number of hydrogen-bond donors (Lipinski definition) is 3. The number of aliphatic hydroxyl groups excluding tert-OH is 1. The van der Waals surface area contributed by atoms with E-state index in [0.29, 0.717) is 31.6 Å². The Hall–Kier alpha value is -1.94. The Morgan fingerprint density at radius 1 is 0.318 bits per heavy atom. The van der Waals surface area contributed by atoms with E-state index in [4.69, 9.17) is 37.0 Å². The summed E-state index contributed by atoms with van der Waals surface area (Å²) in [5.41, 5.74) is 0. The predicted molar refractivity (Wildman–Crippen MR) is 340 cm³/mol. The molecule has 3 N–H and O–H groups in total. The first-order chi connectivity index (χ1) is 41.0. The van der Waals surface area contributed by atoms with E-state index in [0.717, 1.165) is 96.3 Å². The molecule has 2 unspecified atom stereocenters. The van der Waals surface area contributed by atoms with Gasteiger partial charge in [0.25, 0.3) is 0 Å². The van der Waals surface area contributed by atoms with Crippen molar-refractivity contribution in [3.05, 3.63) is 0 Å². The highest BCUT2D eigenvalue weighted by Crippen LogP contribution is 2.45. The van der Waals surface area contributed by atoms with Crippen LogP contribution in [-0.2, 0) is 65.4 Å². The number of phosphoric acid groups is 2. The van der Waals surface area contributed by atoms with Gasteiger partial charge in [0.1, 0.15) is 19.3 Å². The number of aliphatic hydroxyl groups is 1. The average molecular weight is 1260 g/mol. The molecule has 17 nitrogen and oxygen atoms in total. The molecule has 5 atom stereocenters. The minimum absolute atomic E-state index is 0.103. The minimum Gasteiger partial charge on any atom is -0.462 e. The first-order valence-corrected chi connectivity index (χ1v) is 37.6. The number of rotatable bonds is 66. The van der Waals surface area contributed by atoms with Gasteiger partial charge in [-0.1, -0.05) is 285 Å². The first kappa shape index (κ1) is 83.1. The van der Waals surface area contributed by atoms with E-state index in [-0.39, 0.29) is 25.7 Å². The molecule has 0 radical (unpaired) electrons. The molecule has 0 rings (SSSR count). The van der Waals surface area contributed by atoms with Crippen LogP contribution in [0.4, 0.5) is 0 Å². The lowest BCUT2D eigenvalue weighted by Crippen LogP contribution is -2.30. The summed E-state index contributed by atoms with van der Waals surface area (Å²) in [6.07, 6.45) is 44.9. The molecule has 0 aliphatic carbocycles. The van der Waals surface area contributed by atoms with Crippen LogP contribution >= 0.6 is 15.6 Å². The van der Waals surface area contributed by atoms with Crippen LogP contribution in [0.15, 0.2) is 0 Å². The van der Waals surface area contributed by atoms with Gasteiger partial charge in [0.05, 0.1) is 26.4 Å². The van der Waals surface area contributed by atoms with Crippen LogP contribution in [0, 0.1) is 5.92 Å². The number of carbonyl (C=O) groups is 4. The summed E-state index contributed by atoms with van der Waals surface area (Å²) in [5.74, 6) is -1.44. The second-order valence-corrected chi connectivity index (χ2v) is 27.2. The molecule has 0 fully saturated rings. The van der Waals surface area contributed by atoms with Gasteiger partial charge in [0.15, 0.2) is 12.2 Å². The quantitative estimate of drug-likeness (QED) is 0.0222. The third-order valence-corrected chi connectivity index (χ3v) is 17.2. The zero-order chi connectivity index (χ0) is 62.8. The summed E-state index contributed by atoms with van der Waals surface area (Å²) in [6, 6.07) is 0. The van der Waals surface area contributed by atoms with E-state index in [1.54, 1.807) is 0 Å². The van der Waals surface area contributed by atoms with Gasteiger partial charge in [-0.25, -0.2) is 9.13 Å². The number of carbonyl (C=O) groups excluding carboxylic acids is 4. The number of phosphoric ester groups is 2. The largest absolute Gasteiger partial charge is 0.472 e. The summed E-state index contributed by atoms with van der Waals surface area (Å²) < 4.78 is 67.9. The number of ether oxygens (including phenoxy) is 4. The van der Waals surface area contributed by atoms with Crippen molar-refractivity contribution in [1.29, 1.82) is 0 Å². The Morgan fingerprint density at radius 2 is 0.541 bits per heavy atom. The molecule has 0 spiro atoms. The van der Waals surface area contributed by atoms with Crippen LogP contribution in [0.1, 0.15) is 336 Å². The van der Waals surface area contributed by atoms with Crippen molar-refractivity contribution >= 4 is 39.5 Å². The van der Waals surface area contributed by atoms with Crippen molar-refractivity contribution in [3.8, 4) is 0 Å². The molecular formula is C66H128O17P2. The molecule has 0 aliphatic rings. The van der Waals surface area contributed by atoms with Gasteiger partial charge >= 0.3 is 39.5 Å². The maximum atomic E-state index is 13.0. The Morgan fingerprint density at radius 3 is 0.800 bits per heavy atom. The molecule has 0 aromatic carbocycles. The van der Waals surface area contributed by atoms with Crippen LogP contribution in [-0.4, -0.2) is 96.7 Å². The summed E-state index contributed by atoms with van der Waals surface area (Å²) in [6.45, 7) is 7.06. The molecule has 504 valence electrons. The smallest absolute Gasteiger partial charge is 0.462 e. The highest BCUT2D eigenvalue weighted by molar-refractivity contribution is 7.47. The standard InChI is InChI=1S/C66H128O17P2/c1-6-9-12-15-17-19-21-23-24-25-26-28-30-32-36-41-46-51-65(70)83-62(56-77-64(69)50-45-40-35-31-29-27-22-20-18-16-13-10-7-2)58-81-85(74,75)79-54-60(67)53-78-84(72,73)80-57-61(55-76-63(68)49-44-38-14-11-8-3)82-66(71)52-47-42-37-33-34-39-43-48-59(4)5/h59-62,67H,6-58H2,1-5H3,(H,72,73)(H,74,75)/t60-,61+,62+/m0/s1. The van der Waals surface area contributed by atoms with Gasteiger partial charge in [-0.3, -0.25) is 37.3 Å². The number of esters is 4. The lowest BCUT2D eigenvalue weighted by Gasteiger charge is -2.21. The molecule has 0 bridgehead atoms. The maximum absolute atomic E-state index is 13.0. The van der Waals surface area contributed by atoms with Gasteiger partial charge in [-0.05, 0) is 31.6 Å². The van der Waals surface area contributed by atoms with Gasteiger partial charge in [0.2, 0.25) is 0 Å². The van der Waals surface area contributed by atoms with E-state index in [1.165, 1.54) is 154 Å². The molecule has 0 amide bonds. The van der Waals surface area contributed by atoms with Gasteiger partial charge in [0, 0.05) is 25.7 Å². The Kier molecular flexibility index (Phi) is 58.3. The fourth-order valence-electron chi connectivity index (χ4n) is 9.94. The molecule has 0 saturated carbocycles. The van der Waals surface area contributed by atoms with Crippen molar-refractivity contribution in [3.63, 3.8) is 0 Å². The van der Waals surface area contributed by atoms with Crippen molar-refractivity contribution in [2.75, 3.05) is 39.6 Å². The fourth-order valence-corrected chi connectivity index (χ4v) is 11.5. The molecule has 0 aromatic heterocycles. The van der Waals surface area contributed by atoms with Gasteiger partial charge in [-0.2, -0.15) is 0 Å². The molecule has 85 heavy (non-hydrogen) atoms. The number of unbranched alkanes of at least 4 members (excludes halogenated alkanes) is 38. The SMILES string of the molecule is CCCCCCCCCCCCCCCCCCCC(=O)O[C@H](COC(=O)CCCCCCCCCCCCCCC)COP(=O)(O)OC[C@@H](O)COP(=O)(O)OC[C@@H](COC(=O)CCCCCCC)OC(=O)CCCCCCCCCC(C)C. The monoisotopic (exact) mass is 1250 g/mol. The highest BCUT2D eigenvalue weighted by atomic mass is 31.2. The zero-order valence-electron chi connectivity index (χ0n) is 54.7. The van der Waals surface area contributed by atoms with Crippen molar-refractivity contribution < 1.29 is 80.2 Å². The number of hydrogen-bond acceptors (Lipinski definition) is 15. The van der Waals surface area contributed by atoms with Crippen LogP contribution in [0.2, 0.25) is 0 Å². The summed E-state index contributed by atoms with van der Waals surface area (Å²) in [7, 11) is -9.88. The Bertz CT molecular complexity index is 1650. The third kappa shape index (κ3) is 60.7. The summed E-state index contributed by atoms with van der Waals surface area (Å²) in [5, 5.41) is 10.5. The molecule has 0 saturated heterocycles. The molecule has 0 aromatic rings. The molecular weight excluding hydrogens is 1130 g/mol. The second-order valence-electron chi connectivity index (χ2n) is 24.3. The van der Waals surface area contributed by atoms with E-state index < -0.39 is 97.5 Å². The van der Waals surface area contributed by atoms with Crippen LogP contribution in [0.5, 0.6) is 0 Å². The van der Waals surface area contributed by atoms with Crippen molar-refractivity contribution in [2.24, 2.45) is 5.92 Å². The second kappa shape index (κ2) is 59.7. The lowest BCUT2D eigenvalue weighted by molar-refractivity contribution is -0.161. The van der Waals surface area contributed by atoms with Crippen molar-refractivity contribution in [2.45, 2.75) is 355 Å². The average Bonchev–Trinajstić information content (AvgIpc) is 3.47. The Balaban J connectivity index is 5.16. The van der Waals surface area contributed by atoms with Crippen LogP contribution in [0.3, 0.4) is 0 Å². The predicted octanol–water partition coefficient (Wildman–Crippen LogP) is 18.6. The third-order valence-electron chi connectivity index (χ3n) is 15.3. The van der Waals surface area contributed by atoms with E-state index in [9.17, 15) is 43.2 Å². The Labute approximate surface area is 517 Å².